The Labute approximate surface area is 111 Å². The van der Waals surface area contributed by atoms with Crippen molar-refractivity contribution in [2.24, 2.45) is 10.7 Å². The number of rotatable bonds is 4. The molecule has 0 radical (unpaired) electrons. The number of anilines is 1. The molecule has 0 amide bonds. The van der Waals surface area contributed by atoms with E-state index in [0.29, 0.717) is 17.7 Å². The molecule has 1 aromatic carbocycles. The van der Waals surface area contributed by atoms with Gasteiger partial charge < -0.3 is 15.6 Å². The number of hydrogen-bond acceptors (Lipinski definition) is 4. The van der Waals surface area contributed by atoms with Gasteiger partial charge in [0.05, 0.1) is 0 Å². The number of hydrogen-bond donors (Lipinski definition) is 2. The first-order chi connectivity index (χ1) is 9.17. The van der Waals surface area contributed by atoms with Crippen LogP contribution in [-0.4, -0.2) is 16.1 Å². The zero-order valence-corrected chi connectivity index (χ0v) is 11.1. The second kappa shape index (κ2) is 5.99. The van der Waals surface area contributed by atoms with Crippen molar-refractivity contribution in [3.63, 3.8) is 0 Å². The minimum absolute atomic E-state index is 0.271. The Kier molecular flexibility index (Phi) is 4.12. The van der Waals surface area contributed by atoms with Gasteiger partial charge in [0.2, 0.25) is 5.89 Å². The van der Waals surface area contributed by atoms with Crippen LogP contribution in [0.25, 0.3) is 0 Å². The summed E-state index contributed by atoms with van der Waals surface area (Å²) in [5.41, 5.74) is 7.96. The van der Waals surface area contributed by atoms with Gasteiger partial charge in [-0.25, -0.2) is 4.99 Å². The lowest BCUT2D eigenvalue weighted by Gasteiger charge is -2.05. The van der Waals surface area contributed by atoms with E-state index in [0.717, 1.165) is 12.1 Å². The van der Waals surface area contributed by atoms with Crippen molar-refractivity contribution in [2.75, 3.05) is 5.32 Å². The van der Waals surface area contributed by atoms with E-state index in [9.17, 15) is 0 Å². The normalized spacial score (nSPS) is 11.6. The van der Waals surface area contributed by atoms with Crippen LogP contribution in [0.3, 0.4) is 0 Å². The number of guanidine groups is 1. The first-order valence-corrected chi connectivity index (χ1v) is 6.12. The van der Waals surface area contributed by atoms with E-state index in [1.54, 1.807) is 6.92 Å². The summed E-state index contributed by atoms with van der Waals surface area (Å²) in [4.78, 5) is 8.18. The van der Waals surface area contributed by atoms with E-state index >= 15 is 0 Å². The molecule has 3 N–H and O–H groups in total. The molecule has 0 spiro atoms. The Hall–Kier alpha value is -2.37. The molecule has 0 aliphatic rings. The second-order valence-corrected chi connectivity index (χ2v) is 4.11. The maximum absolute atomic E-state index is 5.78. The molecule has 19 heavy (non-hydrogen) atoms. The van der Waals surface area contributed by atoms with Gasteiger partial charge in [0, 0.05) is 5.69 Å². The lowest BCUT2D eigenvalue weighted by atomic mass is 10.1. The quantitative estimate of drug-likeness (QED) is 0.646. The second-order valence-electron chi connectivity index (χ2n) is 4.11. The first-order valence-electron chi connectivity index (χ1n) is 6.12. The zero-order valence-electron chi connectivity index (χ0n) is 11.1. The van der Waals surface area contributed by atoms with Crippen molar-refractivity contribution in [1.82, 2.24) is 10.1 Å². The summed E-state index contributed by atoms with van der Waals surface area (Å²) >= 11 is 0. The Morgan fingerprint density at radius 3 is 2.68 bits per heavy atom. The highest BCUT2D eigenvalue weighted by Crippen LogP contribution is 2.09. The zero-order chi connectivity index (χ0) is 13.7. The van der Waals surface area contributed by atoms with Crippen LogP contribution in [0.2, 0.25) is 0 Å². The van der Waals surface area contributed by atoms with Crippen molar-refractivity contribution < 1.29 is 4.52 Å². The monoisotopic (exact) mass is 259 g/mol. The SMILES string of the molecule is CCc1ccc(NC(N)=NCc2nc(C)no2)cc1. The van der Waals surface area contributed by atoms with Crippen LogP contribution in [0.4, 0.5) is 5.69 Å². The molecule has 0 aliphatic carbocycles. The largest absolute Gasteiger partial charge is 0.370 e. The maximum atomic E-state index is 5.78. The minimum atomic E-state index is 0.271. The van der Waals surface area contributed by atoms with E-state index < -0.39 is 0 Å². The highest BCUT2D eigenvalue weighted by molar-refractivity contribution is 5.92. The van der Waals surface area contributed by atoms with Crippen molar-refractivity contribution >= 4 is 11.6 Å². The van der Waals surface area contributed by atoms with Gasteiger partial charge in [0.15, 0.2) is 11.8 Å². The molecule has 0 fully saturated rings. The first kappa shape index (κ1) is 13.1. The van der Waals surface area contributed by atoms with Crippen molar-refractivity contribution in [3.8, 4) is 0 Å². The Balaban J connectivity index is 1.93. The molecule has 100 valence electrons. The number of aliphatic imine (C=N–C) groups is 1. The molecule has 0 saturated carbocycles. The average molecular weight is 259 g/mol. The van der Waals surface area contributed by atoms with Gasteiger partial charge in [-0.05, 0) is 31.0 Å². The van der Waals surface area contributed by atoms with Gasteiger partial charge in [-0.3, -0.25) is 0 Å². The average Bonchev–Trinajstić information content (AvgIpc) is 2.83. The highest BCUT2D eigenvalue weighted by atomic mass is 16.5. The number of aryl methyl sites for hydroxylation is 2. The van der Waals surface area contributed by atoms with Crippen LogP contribution in [0, 0.1) is 6.92 Å². The van der Waals surface area contributed by atoms with E-state index in [4.69, 9.17) is 10.3 Å². The molecular weight excluding hydrogens is 242 g/mol. The fourth-order valence-electron chi connectivity index (χ4n) is 1.57. The number of aromatic nitrogens is 2. The maximum Gasteiger partial charge on any atom is 0.248 e. The number of nitrogens with zero attached hydrogens (tertiary/aromatic N) is 3. The molecule has 0 atom stereocenters. The van der Waals surface area contributed by atoms with Crippen molar-refractivity contribution in [2.45, 2.75) is 26.8 Å². The van der Waals surface area contributed by atoms with Gasteiger partial charge in [-0.2, -0.15) is 4.98 Å². The molecule has 1 heterocycles. The van der Waals surface area contributed by atoms with Gasteiger partial charge in [0.25, 0.3) is 0 Å². The molecule has 1 aromatic heterocycles. The highest BCUT2D eigenvalue weighted by Gasteiger charge is 2.01. The third kappa shape index (κ3) is 3.80. The van der Waals surface area contributed by atoms with Crippen LogP contribution >= 0.6 is 0 Å². The summed E-state index contributed by atoms with van der Waals surface area (Å²) in [5.74, 6) is 1.36. The van der Waals surface area contributed by atoms with Crippen LogP contribution in [0.5, 0.6) is 0 Å². The Bertz CT molecular complexity index is 559. The molecule has 6 nitrogen and oxygen atoms in total. The van der Waals surface area contributed by atoms with Crippen LogP contribution in [-0.2, 0) is 13.0 Å². The van der Waals surface area contributed by atoms with Crippen LogP contribution in [0.15, 0.2) is 33.8 Å². The Morgan fingerprint density at radius 2 is 2.11 bits per heavy atom. The minimum Gasteiger partial charge on any atom is -0.370 e. The van der Waals surface area contributed by atoms with Crippen molar-refractivity contribution in [3.05, 3.63) is 41.5 Å². The molecule has 0 saturated heterocycles. The van der Waals surface area contributed by atoms with E-state index in [2.05, 4.69) is 39.5 Å². The molecule has 6 heteroatoms. The van der Waals surface area contributed by atoms with Gasteiger partial charge in [-0.1, -0.05) is 24.2 Å². The molecule has 2 aromatic rings. The van der Waals surface area contributed by atoms with E-state index in [-0.39, 0.29) is 6.54 Å². The summed E-state index contributed by atoms with van der Waals surface area (Å²) in [5, 5.41) is 6.69. The summed E-state index contributed by atoms with van der Waals surface area (Å²) in [7, 11) is 0. The number of benzene rings is 1. The van der Waals surface area contributed by atoms with Crippen LogP contribution in [0.1, 0.15) is 24.2 Å². The van der Waals surface area contributed by atoms with Gasteiger partial charge in [-0.15, -0.1) is 0 Å². The van der Waals surface area contributed by atoms with Crippen LogP contribution < -0.4 is 11.1 Å². The summed E-state index contributed by atoms with van der Waals surface area (Å²) < 4.78 is 4.94. The lowest BCUT2D eigenvalue weighted by Crippen LogP contribution is -2.22. The van der Waals surface area contributed by atoms with E-state index in [1.165, 1.54) is 5.56 Å². The molecule has 0 unspecified atom stereocenters. The topological polar surface area (TPSA) is 89.3 Å². The fraction of sp³-hybridized carbons (Fsp3) is 0.308. The predicted molar refractivity (Wildman–Crippen MR) is 73.8 cm³/mol. The molecular formula is C13H17N5O. The molecule has 0 aliphatic heterocycles. The number of nitrogens with two attached hydrogens (primary N) is 1. The predicted octanol–water partition coefficient (Wildman–Crippen LogP) is 1.87. The van der Waals surface area contributed by atoms with Gasteiger partial charge >= 0.3 is 0 Å². The summed E-state index contributed by atoms with van der Waals surface area (Å²) in [6.07, 6.45) is 1.01. The summed E-state index contributed by atoms with van der Waals surface area (Å²) in [6, 6.07) is 8.05. The molecule has 2 rings (SSSR count). The third-order valence-electron chi connectivity index (χ3n) is 2.59. The van der Waals surface area contributed by atoms with E-state index in [1.807, 2.05) is 12.1 Å². The smallest absolute Gasteiger partial charge is 0.248 e. The van der Waals surface area contributed by atoms with Crippen molar-refractivity contribution in [1.29, 1.82) is 0 Å². The third-order valence-corrected chi connectivity index (χ3v) is 2.59. The summed E-state index contributed by atoms with van der Waals surface area (Å²) in [6.45, 7) is 4.14. The van der Waals surface area contributed by atoms with Gasteiger partial charge in [0.1, 0.15) is 6.54 Å². The lowest BCUT2D eigenvalue weighted by molar-refractivity contribution is 0.376. The Morgan fingerprint density at radius 1 is 1.37 bits per heavy atom. The fourth-order valence-corrected chi connectivity index (χ4v) is 1.57. The number of nitrogens with one attached hydrogen (secondary N) is 1. The standard InChI is InChI=1S/C13H17N5O/c1-3-10-4-6-11(7-5-10)17-13(14)15-8-12-16-9(2)18-19-12/h4-7H,3,8H2,1-2H3,(H3,14,15,17). The molecule has 0 bridgehead atoms.